The quantitative estimate of drug-likeness (QED) is 0.849. The van der Waals surface area contributed by atoms with Crippen LogP contribution in [0.4, 0.5) is 5.69 Å². The van der Waals surface area contributed by atoms with Crippen LogP contribution in [0.1, 0.15) is 15.9 Å². The van der Waals surface area contributed by atoms with Crippen LogP contribution in [0.3, 0.4) is 0 Å². The number of hydrogen-bond donors (Lipinski definition) is 2. The van der Waals surface area contributed by atoms with Crippen molar-refractivity contribution in [2.75, 3.05) is 12.4 Å². The maximum Gasteiger partial charge on any atom is 0.259 e. The highest BCUT2D eigenvalue weighted by Crippen LogP contribution is 2.24. The monoisotopic (exact) mass is 320 g/mol. The molecule has 0 bridgehead atoms. The number of benzene rings is 2. The molecule has 4 nitrogen and oxygen atoms in total. The third kappa shape index (κ3) is 3.71. The van der Waals surface area contributed by atoms with Crippen LogP contribution >= 0.6 is 23.8 Å². The first-order chi connectivity index (χ1) is 10.0. The minimum absolute atomic E-state index is 0.270. The van der Waals surface area contributed by atoms with Crippen molar-refractivity contribution in [3.05, 3.63) is 58.6 Å². The molecule has 3 N–H and O–H groups in total. The summed E-state index contributed by atoms with van der Waals surface area (Å²) >= 11 is 10.8. The number of thiocarbonyl (C=S) groups is 1. The summed E-state index contributed by atoms with van der Waals surface area (Å²) in [5, 5.41) is 3.22. The largest absolute Gasteiger partial charge is 0.496 e. The Labute approximate surface area is 132 Å². The van der Waals surface area contributed by atoms with E-state index in [0.29, 0.717) is 27.6 Å². The number of nitrogens with two attached hydrogens (primary N) is 1. The zero-order valence-electron chi connectivity index (χ0n) is 11.2. The van der Waals surface area contributed by atoms with Crippen LogP contribution in [0.2, 0.25) is 5.02 Å². The van der Waals surface area contributed by atoms with Gasteiger partial charge in [0.05, 0.1) is 12.7 Å². The Hall–Kier alpha value is -2.11. The topological polar surface area (TPSA) is 64.3 Å². The number of nitrogens with one attached hydrogen (secondary N) is 1. The van der Waals surface area contributed by atoms with E-state index in [1.165, 1.54) is 7.11 Å². The molecule has 0 spiro atoms. The average molecular weight is 321 g/mol. The number of hydrogen-bond acceptors (Lipinski definition) is 3. The fourth-order valence-corrected chi connectivity index (χ4v) is 2.11. The molecule has 0 unspecified atom stereocenters. The summed E-state index contributed by atoms with van der Waals surface area (Å²) in [6.45, 7) is 0. The summed E-state index contributed by atoms with van der Waals surface area (Å²) in [4.78, 5) is 12.6. The van der Waals surface area contributed by atoms with Crippen LogP contribution in [0.15, 0.2) is 42.5 Å². The van der Waals surface area contributed by atoms with E-state index in [-0.39, 0.29) is 10.9 Å². The summed E-state index contributed by atoms with van der Waals surface area (Å²) in [7, 11) is 1.49. The summed E-state index contributed by atoms with van der Waals surface area (Å²) in [5.41, 5.74) is 7.20. The summed E-state index contributed by atoms with van der Waals surface area (Å²) in [5.74, 6) is 0.122. The van der Waals surface area contributed by atoms with Crippen molar-refractivity contribution in [1.82, 2.24) is 0 Å². The lowest BCUT2D eigenvalue weighted by Gasteiger charge is -2.10. The number of rotatable bonds is 4. The summed E-state index contributed by atoms with van der Waals surface area (Å²) < 4.78 is 5.16. The van der Waals surface area contributed by atoms with E-state index in [1.54, 1.807) is 42.5 Å². The second kappa shape index (κ2) is 6.56. The lowest BCUT2D eigenvalue weighted by molar-refractivity contribution is 0.102. The van der Waals surface area contributed by atoms with Gasteiger partial charge in [-0.25, -0.2) is 0 Å². The molecule has 0 aromatic heterocycles. The van der Waals surface area contributed by atoms with Gasteiger partial charge < -0.3 is 15.8 Å². The van der Waals surface area contributed by atoms with Crippen LogP contribution < -0.4 is 15.8 Å². The minimum Gasteiger partial charge on any atom is -0.496 e. The van der Waals surface area contributed by atoms with Crippen molar-refractivity contribution in [2.45, 2.75) is 0 Å². The Kier molecular flexibility index (Phi) is 4.77. The molecule has 0 fully saturated rings. The van der Waals surface area contributed by atoms with Gasteiger partial charge in [-0.3, -0.25) is 4.79 Å². The van der Waals surface area contributed by atoms with Gasteiger partial charge in [0.15, 0.2) is 0 Å². The highest BCUT2D eigenvalue weighted by atomic mass is 35.5. The third-order valence-electron chi connectivity index (χ3n) is 2.81. The van der Waals surface area contributed by atoms with E-state index >= 15 is 0 Å². The van der Waals surface area contributed by atoms with Crippen LogP contribution in [-0.2, 0) is 0 Å². The Morgan fingerprint density at radius 2 is 2.05 bits per heavy atom. The SMILES string of the molecule is COc1ccc(Cl)cc1C(=O)Nc1cccc(C(N)=S)c1. The van der Waals surface area contributed by atoms with Crippen molar-refractivity contribution in [3.63, 3.8) is 0 Å². The number of methoxy groups -OCH3 is 1. The van der Waals surface area contributed by atoms with Gasteiger partial charge in [-0.2, -0.15) is 0 Å². The maximum atomic E-state index is 12.3. The van der Waals surface area contributed by atoms with Gasteiger partial charge in [0.1, 0.15) is 10.7 Å². The molecule has 0 aliphatic carbocycles. The van der Waals surface area contributed by atoms with Gasteiger partial charge in [0, 0.05) is 16.3 Å². The molecule has 0 saturated heterocycles. The van der Waals surface area contributed by atoms with Crippen LogP contribution in [0, 0.1) is 0 Å². The first kappa shape index (κ1) is 15.3. The van der Waals surface area contributed by atoms with Crippen LogP contribution in [0.25, 0.3) is 0 Å². The van der Waals surface area contributed by atoms with E-state index in [4.69, 9.17) is 34.3 Å². The van der Waals surface area contributed by atoms with Gasteiger partial charge in [0.25, 0.3) is 5.91 Å². The molecule has 21 heavy (non-hydrogen) atoms. The first-order valence-corrected chi connectivity index (χ1v) is 6.84. The fraction of sp³-hybridized carbons (Fsp3) is 0.0667. The molecule has 2 aromatic carbocycles. The van der Waals surface area contributed by atoms with Crippen LogP contribution in [0.5, 0.6) is 5.75 Å². The van der Waals surface area contributed by atoms with E-state index in [1.807, 2.05) is 0 Å². The zero-order valence-corrected chi connectivity index (χ0v) is 12.8. The normalized spacial score (nSPS) is 10.0. The Morgan fingerprint density at radius 1 is 1.29 bits per heavy atom. The predicted octanol–water partition coefficient (Wildman–Crippen LogP) is 3.24. The van der Waals surface area contributed by atoms with Crippen molar-refractivity contribution < 1.29 is 9.53 Å². The van der Waals surface area contributed by atoms with Crippen molar-refractivity contribution in [2.24, 2.45) is 5.73 Å². The Balaban J connectivity index is 2.28. The number of ether oxygens (including phenoxy) is 1. The first-order valence-electron chi connectivity index (χ1n) is 6.06. The lowest BCUT2D eigenvalue weighted by atomic mass is 10.1. The van der Waals surface area contributed by atoms with E-state index < -0.39 is 0 Å². The molecule has 2 rings (SSSR count). The fourth-order valence-electron chi connectivity index (χ4n) is 1.81. The van der Waals surface area contributed by atoms with E-state index in [9.17, 15) is 4.79 Å². The molecule has 2 aromatic rings. The molecule has 0 aliphatic heterocycles. The number of carbonyl (C=O) groups excluding carboxylic acids is 1. The second-order valence-corrected chi connectivity index (χ2v) is 5.12. The maximum absolute atomic E-state index is 12.3. The van der Waals surface area contributed by atoms with Crippen LogP contribution in [-0.4, -0.2) is 18.0 Å². The van der Waals surface area contributed by atoms with Gasteiger partial charge in [-0.05, 0) is 30.3 Å². The Morgan fingerprint density at radius 3 is 2.71 bits per heavy atom. The molecular weight excluding hydrogens is 308 g/mol. The molecule has 1 amide bonds. The number of amides is 1. The zero-order chi connectivity index (χ0) is 15.4. The molecule has 0 aliphatic rings. The minimum atomic E-state index is -0.325. The summed E-state index contributed by atoms with van der Waals surface area (Å²) in [6.07, 6.45) is 0. The van der Waals surface area contributed by atoms with E-state index in [2.05, 4.69) is 5.32 Å². The highest BCUT2D eigenvalue weighted by Gasteiger charge is 2.13. The number of carbonyl (C=O) groups is 1. The predicted molar refractivity (Wildman–Crippen MR) is 88.3 cm³/mol. The third-order valence-corrected chi connectivity index (χ3v) is 3.28. The summed E-state index contributed by atoms with van der Waals surface area (Å²) in [6, 6.07) is 11.8. The molecule has 0 radical (unpaired) electrons. The van der Waals surface area contributed by atoms with Crippen molar-refractivity contribution >= 4 is 40.4 Å². The molecule has 0 atom stereocenters. The standard InChI is InChI=1S/C15H13ClN2O2S/c1-20-13-6-5-10(16)8-12(13)15(19)18-11-4-2-3-9(7-11)14(17)21/h2-8H,1H3,(H2,17,21)(H,18,19). The number of anilines is 1. The smallest absolute Gasteiger partial charge is 0.259 e. The van der Waals surface area contributed by atoms with Gasteiger partial charge >= 0.3 is 0 Å². The number of halogens is 1. The lowest BCUT2D eigenvalue weighted by Crippen LogP contribution is -2.14. The van der Waals surface area contributed by atoms with Gasteiger partial charge in [0.2, 0.25) is 0 Å². The molecule has 108 valence electrons. The second-order valence-electron chi connectivity index (χ2n) is 4.24. The molecular formula is C15H13ClN2O2S. The molecule has 6 heteroatoms. The highest BCUT2D eigenvalue weighted by molar-refractivity contribution is 7.80. The average Bonchev–Trinajstić information content (AvgIpc) is 2.47. The van der Waals surface area contributed by atoms with E-state index in [0.717, 1.165) is 0 Å². The Bertz CT molecular complexity index is 704. The molecule has 0 saturated carbocycles. The van der Waals surface area contributed by atoms with Crippen molar-refractivity contribution in [3.8, 4) is 5.75 Å². The molecule has 0 heterocycles. The van der Waals surface area contributed by atoms with Gasteiger partial charge in [-0.1, -0.05) is 36.0 Å². The van der Waals surface area contributed by atoms with Gasteiger partial charge in [-0.15, -0.1) is 0 Å². The van der Waals surface area contributed by atoms with Crippen molar-refractivity contribution in [1.29, 1.82) is 0 Å².